The molecule has 0 spiro atoms. The number of nitrogens with zero attached hydrogens (tertiary/aromatic N) is 5. The number of carbonyl (C=O) groups is 1. The van der Waals surface area contributed by atoms with E-state index in [-0.39, 0.29) is 18.9 Å². The van der Waals surface area contributed by atoms with E-state index in [0.717, 1.165) is 85.0 Å². The molecule has 6 rings (SSSR count). The Bertz CT molecular complexity index is 1500. The topological polar surface area (TPSA) is 113 Å². The van der Waals surface area contributed by atoms with Crippen molar-refractivity contribution in [1.82, 2.24) is 19.9 Å². The van der Waals surface area contributed by atoms with Crippen LogP contribution in [-0.4, -0.2) is 83.5 Å². The van der Waals surface area contributed by atoms with Gasteiger partial charge in [-0.15, -0.1) is 0 Å². The Hall–Kier alpha value is -3.96. The number of hydrogen-bond acceptors (Lipinski definition) is 9. The summed E-state index contributed by atoms with van der Waals surface area (Å²) in [5, 5.41) is 12.2. The molecule has 0 radical (unpaired) electrons. The van der Waals surface area contributed by atoms with Crippen molar-refractivity contribution < 1.29 is 19.4 Å². The van der Waals surface area contributed by atoms with Gasteiger partial charge < -0.3 is 24.8 Å². The van der Waals surface area contributed by atoms with Crippen LogP contribution in [0.3, 0.4) is 0 Å². The van der Waals surface area contributed by atoms with Gasteiger partial charge in [0.25, 0.3) is 0 Å². The zero-order valence-corrected chi connectivity index (χ0v) is 23.0. The summed E-state index contributed by atoms with van der Waals surface area (Å²) in [6.07, 6.45) is 2.17. The van der Waals surface area contributed by atoms with E-state index in [0.29, 0.717) is 24.7 Å². The molecule has 4 heterocycles. The molecule has 2 fully saturated rings. The molecule has 0 atom stereocenters. The minimum absolute atomic E-state index is 0.0689. The Kier molecular flexibility index (Phi) is 8.43. The lowest BCUT2D eigenvalue weighted by Crippen LogP contribution is -2.37. The van der Waals surface area contributed by atoms with Crippen LogP contribution in [0.15, 0.2) is 60.8 Å². The highest BCUT2D eigenvalue weighted by Gasteiger charge is 2.20. The molecule has 2 N–H and O–H groups in total. The van der Waals surface area contributed by atoms with E-state index in [9.17, 15) is 9.90 Å². The number of hydrogen-bond donors (Lipinski definition) is 2. The van der Waals surface area contributed by atoms with Crippen molar-refractivity contribution in [3.8, 4) is 11.4 Å². The normalized spacial score (nSPS) is 16.2. The van der Waals surface area contributed by atoms with E-state index in [4.69, 9.17) is 24.4 Å². The quantitative estimate of drug-likeness (QED) is 0.339. The number of aliphatic hydroxyl groups is 1. The van der Waals surface area contributed by atoms with Crippen LogP contribution in [-0.2, 0) is 33.8 Å². The highest BCUT2D eigenvalue weighted by Crippen LogP contribution is 2.28. The molecule has 0 aliphatic carbocycles. The summed E-state index contributed by atoms with van der Waals surface area (Å²) in [6.45, 7) is 6.85. The minimum atomic E-state index is -0.122. The van der Waals surface area contributed by atoms with Gasteiger partial charge >= 0.3 is 0 Å². The number of ether oxygens (including phenoxy) is 2. The van der Waals surface area contributed by atoms with E-state index < -0.39 is 0 Å². The first-order valence-electron chi connectivity index (χ1n) is 14.0. The summed E-state index contributed by atoms with van der Waals surface area (Å²) in [5.41, 5.74) is 5.90. The molecule has 2 aromatic heterocycles. The Morgan fingerprint density at radius 1 is 0.878 bits per heavy atom. The summed E-state index contributed by atoms with van der Waals surface area (Å²) >= 11 is 0. The number of aromatic nitrogens is 3. The fourth-order valence-electron chi connectivity index (χ4n) is 5.18. The predicted molar refractivity (Wildman–Crippen MR) is 157 cm³/mol. The second kappa shape index (κ2) is 12.7. The molecule has 0 bridgehead atoms. The van der Waals surface area contributed by atoms with E-state index in [1.165, 1.54) is 0 Å². The van der Waals surface area contributed by atoms with Gasteiger partial charge in [-0.1, -0.05) is 36.4 Å². The number of benzene rings is 2. The molecule has 2 saturated heterocycles. The van der Waals surface area contributed by atoms with Crippen LogP contribution < -0.4 is 10.2 Å². The van der Waals surface area contributed by atoms with Gasteiger partial charge in [0.1, 0.15) is 5.52 Å². The van der Waals surface area contributed by atoms with Crippen molar-refractivity contribution in [2.75, 3.05) is 62.8 Å². The lowest BCUT2D eigenvalue weighted by molar-refractivity contribution is -0.115. The molecule has 10 nitrogen and oxygen atoms in total. The third kappa shape index (κ3) is 6.68. The van der Waals surface area contributed by atoms with Gasteiger partial charge in [-0.25, -0.2) is 9.97 Å². The van der Waals surface area contributed by atoms with Crippen molar-refractivity contribution >= 4 is 28.4 Å². The summed E-state index contributed by atoms with van der Waals surface area (Å²) in [5.74, 6) is 1.32. The van der Waals surface area contributed by atoms with Gasteiger partial charge in [-0.05, 0) is 34.9 Å². The maximum Gasteiger partial charge on any atom is 0.228 e. The van der Waals surface area contributed by atoms with Crippen molar-refractivity contribution in [2.45, 2.75) is 19.6 Å². The van der Waals surface area contributed by atoms with Crippen molar-refractivity contribution in [1.29, 1.82) is 0 Å². The van der Waals surface area contributed by atoms with Gasteiger partial charge in [-0.3, -0.25) is 14.7 Å². The monoisotopic (exact) mass is 554 g/mol. The third-order valence-electron chi connectivity index (χ3n) is 7.36. The van der Waals surface area contributed by atoms with Gasteiger partial charge in [0, 0.05) is 50.2 Å². The van der Waals surface area contributed by atoms with Gasteiger partial charge in [-0.2, -0.15) is 0 Å². The fourth-order valence-corrected chi connectivity index (χ4v) is 5.18. The Balaban J connectivity index is 1.24. The smallest absolute Gasteiger partial charge is 0.228 e. The highest BCUT2D eigenvalue weighted by molar-refractivity contribution is 5.92. The standard InChI is InChI=1S/C31H34N6O4/c38-21-23-2-1-3-26(16-23)33-28(39)18-22-4-6-25(7-5-22)30-34-27-17-24(20-36-8-12-40-13-9-36)19-32-29(27)31(35-30)37-10-14-41-15-11-37/h1-7,16-17,19,38H,8-15,18,20-21H2,(H,33,39). The Labute approximate surface area is 239 Å². The maximum atomic E-state index is 12.6. The number of carbonyl (C=O) groups excluding carboxylic acids is 1. The molecular formula is C31H34N6O4. The molecular weight excluding hydrogens is 520 g/mol. The molecule has 2 aromatic carbocycles. The first kappa shape index (κ1) is 27.2. The maximum absolute atomic E-state index is 12.6. The molecule has 41 heavy (non-hydrogen) atoms. The first-order chi connectivity index (χ1) is 20.1. The average Bonchev–Trinajstić information content (AvgIpc) is 3.02. The number of pyridine rings is 1. The van der Waals surface area contributed by atoms with Crippen LogP contribution in [0.1, 0.15) is 16.7 Å². The number of aliphatic hydroxyl groups excluding tert-OH is 1. The number of nitrogens with one attached hydrogen (secondary N) is 1. The first-order valence-corrected chi connectivity index (χ1v) is 14.0. The highest BCUT2D eigenvalue weighted by atomic mass is 16.5. The third-order valence-corrected chi connectivity index (χ3v) is 7.36. The van der Waals surface area contributed by atoms with Gasteiger partial charge in [0.15, 0.2) is 11.6 Å². The molecule has 2 aliphatic heterocycles. The van der Waals surface area contributed by atoms with Crippen LogP contribution >= 0.6 is 0 Å². The molecule has 212 valence electrons. The average molecular weight is 555 g/mol. The minimum Gasteiger partial charge on any atom is -0.392 e. The molecule has 2 aliphatic rings. The van der Waals surface area contributed by atoms with Gasteiger partial charge in [0.05, 0.1) is 45.0 Å². The second-order valence-corrected chi connectivity index (χ2v) is 10.4. The van der Waals surface area contributed by atoms with Crippen LogP contribution in [0.4, 0.5) is 11.5 Å². The molecule has 4 aromatic rings. The molecule has 1 amide bonds. The van der Waals surface area contributed by atoms with E-state index in [2.05, 4.69) is 21.2 Å². The van der Waals surface area contributed by atoms with Crippen LogP contribution in [0.2, 0.25) is 0 Å². The zero-order valence-electron chi connectivity index (χ0n) is 23.0. The van der Waals surface area contributed by atoms with Crippen LogP contribution in [0.5, 0.6) is 0 Å². The lowest BCUT2D eigenvalue weighted by Gasteiger charge is -2.29. The molecule has 10 heteroatoms. The van der Waals surface area contributed by atoms with E-state index >= 15 is 0 Å². The van der Waals surface area contributed by atoms with Crippen LogP contribution in [0.25, 0.3) is 22.4 Å². The summed E-state index contributed by atoms with van der Waals surface area (Å²) in [7, 11) is 0. The Morgan fingerprint density at radius 2 is 1.63 bits per heavy atom. The molecule has 0 unspecified atom stereocenters. The van der Waals surface area contributed by atoms with Crippen molar-refractivity contribution in [3.63, 3.8) is 0 Å². The van der Waals surface area contributed by atoms with E-state index in [1.807, 2.05) is 48.7 Å². The predicted octanol–water partition coefficient (Wildman–Crippen LogP) is 3.03. The van der Waals surface area contributed by atoms with E-state index in [1.54, 1.807) is 6.07 Å². The van der Waals surface area contributed by atoms with Crippen molar-refractivity contribution in [3.05, 3.63) is 77.5 Å². The van der Waals surface area contributed by atoms with Crippen LogP contribution in [0, 0.1) is 0 Å². The summed E-state index contributed by atoms with van der Waals surface area (Å²) < 4.78 is 11.1. The summed E-state index contributed by atoms with van der Waals surface area (Å²) in [6, 6.07) is 17.1. The Morgan fingerprint density at radius 3 is 2.39 bits per heavy atom. The molecule has 0 saturated carbocycles. The SMILES string of the molecule is O=C(Cc1ccc(-c2nc(N3CCOCC3)c3ncc(CN4CCOCC4)cc3n2)cc1)Nc1cccc(CO)c1. The number of amides is 1. The zero-order chi connectivity index (χ0) is 28.0. The summed E-state index contributed by atoms with van der Waals surface area (Å²) in [4.78, 5) is 32.0. The number of anilines is 2. The number of fused-ring (bicyclic) bond motifs is 1. The number of rotatable bonds is 8. The lowest BCUT2D eigenvalue weighted by atomic mass is 10.1. The fraction of sp³-hybridized carbons (Fsp3) is 0.355. The second-order valence-electron chi connectivity index (χ2n) is 10.4. The largest absolute Gasteiger partial charge is 0.392 e. The number of morpholine rings is 2. The van der Waals surface area contributed by atoms with Crippen molar-refractivity contribution in [2.24, 2.45) is 0 Å². The van der Waals surface area contributed by atoms with Gasteiger partial charge in [0.2, 0.25) is 5.91 Å².